The number of carbonyl (C=O) groups excluding carboxylic acids is 2. The van der Waals surface area contributed by atoms with Crippen molar-refractivity contribution in [1.29, 1.82) is 0 Å². The summed E-state index contributed by atoms with van der Waals surface area (Å²) in [5.41, 5.74) is 2.95. The van der Waals surface area contributed by atoms with Gasteiger partial charge in [0.15, 0.2) is 0 Å². The molecule has 0 aliphatic heterocycles. The molecule has 0 saturated heterocycles. The van der Waals surface area contributed by atoms with Crippen molar-refractivity contribution >= 4 is 17.7 Å². The smallest absolute Gasteiger partial charge is 0.319 e. The number of urea groups is 2. The van der Waals surface area contributed by atoms with E-state index in [-0.39, 0.29) is 24.1 Å². The molecule has 0 spiro atoms. The van der Waals surface area contributed by atoms with Gasteiger partial charge in [-0.3, -0.25) is 0 Å². The number of aryl methyl sites for hydroxylation is 1. The predicted molar refractivity (Wildman–Crippen MR) is 111 cm³/mol. The van der Waals surface area contributed by atoms with Gasteiger partial charge in [-0.1, -0.05) is 60.9 Å². The van der Waals surface area contributed by atoms with E-state index >= 15 is 0 Å². The molecular formula is C22H28N4O2. The van der Waals surface area contributed by atoms with Crippen LogP contribution in [0.15, 0.2) is 54.6 Å². The Bertz CT molecular complexity index is 777. The molecule has 0 aromatic heterocycles. The topological polar surface area (TPSA) is 82.3 Å². The van der Waals surface area contributed by atoms with Crippen LogP contribution in [0.25, 0.3) is 0 Å². The third kappa shape index (κ3) is 6.01. The van der Waals surface area contributed by atoms with E-state index < -0.39 is 0 Å². The molecular weight excluding hydrogens is 352 g/mol. The number of rotatable bonds is 5. The van der Waals surface area contributed by atoms with E-state index in [0.717, 1.165) is 42.5 Å². The van der Waals surface area contributed by atoms with Gasteiger partial charge in [-0.2, -0.15) is 0 Å². The van der Waals surface area contributed by atoms with Crippen molar-refractivity contribution in [2.45, 2.75) is 51.2 Å². The van der Waals surface area contributed by atoms with Gasteiger partial charge in [0.05, 0.1) is 12.1 Å². The quantitative estimate of drug-likeness (QED) is 0.634. The van der Waals surface area contributed by atoms with Crippen LogP contribution in [0.1, 0.15) is 36.8 Å². The van der Waals surface area contributed by atoms with Crippen molar-refractivity contribution in [3.63, 3.8) is 0 Å². The molecule has 4 amide bonds. The first kappa shape index (κ1) is 19.7. The summed E-state index contributed by atoms with van der Waals surface area (Å²) in [7, 11) is 0. The summed E-state index contributed by atoms with van der Waals surface area (Å²) in [6.45, 7) is 2.48. The van der Waals surface area contributed by atoms with Crippen LogP contribution in [0.5, 0.6) is 0 Å². The van der Waals surface area contributed by atoms with Gasteiger partial charge >= 0.3 is 12.1 Å². The highest BCUT2D eigenvalue weighted by Gasteiger charge is 2.27. The van der Waals surface area contributed by atoms with Gasteiger partial charge in [-0.15, -0.1) is 0 Å². The number of carbonyl (C=O) groups is 2. The Balaban J connectivity index is 1.49. The van der Waals surface area contributed by atoms with E-state index in [1.54, 1.807) is 0 Å². The van der Waals surface area contributed by atoms with Crippen LogP contribution in [0.3, 0.4) is 0 Å². The second-order valence-electron chi connectivity index (χ2n) is 7.27. The van der Waals surface area contributed by atoms with Crippen LogP contribution in [-0.2, 0) is 6.54 Å². The van der Waals surface area contributed by atoms with E-state index in [0.29, 0.717) is 6.54 Å². The average molecular weight is 380 g/mol. The fraction of sp³-hybridized carbons (Fsp3) is 0.364. The first-order valence-electron chi connectivity index (χ1n) is 9.82. The lowest BCUT2D eigenvalue weighted by atomic mass is 9.90. The van der Waals surface area contributed by atoms with E-state index in [9.17, 15) is 9.59 Å². The molecule has 148 valence electrons. The Labute approximate surface area is 166 Å². The number of benzene rings is 2. The molecule has 4 N–H and O–H groups in total. The zero-order valence-electron chi connectivity index (χ0n) is 16.2. The van der Waals surface area contributed by atoms with Gasteiger partial charge in [0, 0.05) is 12.2 Å². The molecule has 3 rings (SSSR count). The molecule has 1 aliphatic rings. The molecule has 1 saturated carbocycles. The number of amides is 4. The van der Waals surface area contributed by atoms with Gasteiger partial charge in [0.1, 0.15) is 0 Å². The van der Waals surface area contributed by atoms with Gasteiger partial charge in [0.25, 0.3) is 0 Å². The molecule has 6 heteroatoms. The second-order valence-corrected chi connectivity index (χ2v) is 7.27. The predicted octanol–water partition coefficient (Wildman–Crippen LogP) is 3.93. The van der Waals surface area contributed by atoms with Crippen LogP contribution >= 0.6 is 0 Å². The summed E-state index contributed by atoms with van der Waals surface area (Å²) in [5, 5.41) is 11.8. The largest absolute Gasteiger partial charge is 0.334 e. The summed E-state index contributed by atoms with van der Waals surface area (Å²) in [6.07, 6.45) is 3.79. The first-order chi connectivity index (χ1) is 13.6. The zero-order valence-corrected chi connectivity index (χ0v) is 16.2. The Morgan fingerprint density at radius 3 is 2.11 bits per heavy atom. The number of hydrogen-bond donors (Lipinski definition) is 4. The summed E-state index contributed by atoms with van der Waals surface area (Å²) in [4.78, 5) is 24.6. The molecule has 1 fully saturated rings. The Morgan fingerprint density at radius 1 is 0.857 bits per heavy atom. The Morgan fingerprint density at radius 2 is 1.46 bits per heavy atom. The number of nitrogens with one attached hydrogen (secondary N) is 4. The second kappa shape index (κ2) is 9.78. The highest BCUT2D eigenvalue weighted by atomic mass is 16.2. The lowest BCUT2D eigenvalue weighted by Gasteiger charge is -2.32. The van der Waals surface area contributed by atoms with Crippen molar-refractivity contribution in [1.82, 2.24) is 16.0 Å². The Kier molecular flexibility index (Phi) is 6.89. The van der Waals surface area contributed by atoms with Crippen molar-refractivity contribution < 1.29 is 9.59 Å². The summed E-state index contributed by atoms with van der Waals surface area (Å²) in [6, 6.07) is 16.8. The SMILES string of the molecule is Cc1ccc(NC(=O)NC2CCCCC2NC(=O)NCc2ccccc2)cc1. The molecule has 0 radical (unpaired) electrons. The maximum atomic E-state index is 12.4. The molecule has 0 bridgehead atoms. The van der Waals surface area contributed by atoms with E-state index in [4.69, 9.17) is 0 Å². The monoisotopic (exact) mass is 380 g/mol. The van der Waals surface area contributed by atoms with Crippen molar-refractivity contribution in [2.75, 3.05) is 5.32 Å². The van der Waals surface area contributed by atoms with Crippen molar-refractivity contribution in [3.05, 3.63) is 65.7 Å². The summed E-state index contributed by atoms with van der Waals surface area (Å²) in [5.74, 6) is 0. The van der Waals surface area contributed by atoms with Crippen LogP contribution in [0.2, 0.25) is 0 Å². The highest BCUT2D eigenvalue weighted by Crippen LogP contribution is 2.19. The van der Waals surface area contributed by atoms with Crippen molar-refractivity contribution in [3.8, 4) is 0 Å². The molecule has 0 heterocycles. The van der Waals surface area contributed by atoms with Gasteiger partial charge in [0.2, 0.25) is 0 Å². The molecule has 2 aromatic carbocycles. The molecule has 28 heavy (non-hydrogen) atoms. The van der Waals surface area contributed by atoms with Gasteiger partial charge in [-0.25, -0.2) is 9.59 Å². The van der Waals surface area contributed by atoms with E-state index in [1.807, 2.05) is 61.5 Å². The molecule has 2 unspecified atom stereocenters. The lowest BCUT2D eigenvalue weighted by molar-refractivity contribution is 0.218. The maximum Gasteiger partial charge on any atom is 0.319 e. The standard InChI is InChI=1S/C22H28N4O2/c1-16-11-13-18(14-12-16)24-22(28)26-20-10-6-5-9-19(20)25-21(27)23-15-17-7-3-2-4-8-17/h2-4,7-8,11-14,19-20H,5-6,9-10,15H2,1H3,(H2,23,25,27)(H2,24,26,28). The van der Waals surface area contributed by atoms with Crippen LogP contribution in [0, 0.1) is 6.92 Å². The minimum atomic E-state index is -0.243. The highest BCUT2D eigenvalue weighted by molar-refractivity contribution is 5.89. The summed E-state index contributed by atoms with van der Waals surface area (Å²) >= 11 is 0. The average Bonchev–Trinajstić information content (AvgIpc) is 2.70. The molecule has 6 nitrogen and oxygen atoms in total. The number of anilines is 1. The lowest BCUT2D eigenvalue weighted by Crippen LogP contribution is -2.55. The van der Waals surface area contributed by atoms with E-state index in [1.165, 1.54) is 0 Å². The van der Waals surface area contributed by atoms with Crippen LogP contribution in [-0.4, -0.2) is 24.1 Å². The third-order valence-electron chi connectivity index (χ3n) is 5.00. The maximum absolute atomic E-state index is 12.4. The normalized spacial score (nSPS) is 18.8. The fourth-order valence-corrected chi connectivity index (χ4v) is 3.45. The zero-order chi connectivity index (χ0) is 19.8. The molecule has 2 atom stereocenters. The van der Waals surface area contributed by atoms with Gasteiger partial charge in [-0.05, 0) is 37.5 Å². The fourth-order valence-electron chi connectivity index (χ4n) is 3.45. The van der Waals surface area contributed by atoms with Crippen molar-refractivity contribution in [2.24, 2.45) is 0 Å². The third-order valence-corrected chi connectivity index (χ3v) is 5.00. The van der Waals surface area contributed by atoms with Gasteiger partial charge < -0.3 is 21.3 Å². The molecule has 2 aromatic rings. The first-order valence-corrected chi connectivity index (χ1v) is 9.82. The van der Waals surface area contributed by atoms with Crippen LogP contribution in [0.4, 0.5) is 15.3 Å². The number of hydrogen-bond acceptors (Lipinski definition) is 2. The summed E-state index contributed by atoms with van der Waals surface area (Å²) < 4.78 is 0. The Hall–Kier alpha value is -3.02. The minimum absolute atomic E-state index is 0.0757. The van der Waals surface area contributed by atoms with Crippen LogP contribution < -0.4 is 21.3 Å². The van der Waals surface area contributed by atoms with E-state index in [2.05, 4.69) is 21.3 Å². The minimum Gasteiger partial charge on any atom is -0.334 e. The molecule has 1 aliphatic carbocycles.